The minimum atomic E-state index is -1.46. The molecular formula is C26H34N2O12. The molecule has 3 amide bonds. The molecule has 2 heterocycles. The maximum Gasteiger partial charge on any atom is 0.305 e. The van der Waals surface area contributed by atoms with E-state index in [0.29, 0.717) is 25.7 Å². The van der Waals surface area contributed by atoms with E-state index in [2.05, 4.69) is 5.32 Å². The zero-order valence-corrected chi connectivity index (χ0v) is 22.8. The Balaban J connectivity index is 1.75. The van der Waals surface area contributed by atoms with E-state index in [1.165, 1.54) is 17.1 Å². The van der Waals surface area contributed by atoms with Gasteiger partial charge in [-0.05, 0) is 31.6 Å². The van der Waals surface area contributed by atoms with Gasteiger partial charge in [0.2, 0.25) is 12.2 Å². The number of carbonyl (C=O) groups is 7. The highest BCUT2D eigenvalue weighted by Gasteiger charge is 2.52. The van der Waals surface area contributed by atoms with Crippen molar-refractivity contribution in [1.29, 1.82) is 0 Å². The summed E-state index contributed by atoms with van der Waals surface area (Å²) in [5.74, 6) is -4.52. The van der Waals surface area contributed by atoms with Gasteiger partial charge in [0.1, 0.15) is 18.8 Å². The van der Waals surface area contributed by atoms with Gasteiger partial charge in [-0.25, -0.2) is 0 Å². The molecule has 0 unspecified atom stereocenters. The molecule has 1 saturated heterocycles. The molecule has 14 heteroatoms. The van der Waals surface area contributed by atoms with Crippen molar-refractivity contribution in [2.24, 2.45) is 11.8 Å². The Bertz CT molecular complexity index is 1050. The summed E-state index contributed by atoms with van der Waals surface area (Å²) in [4.78, 5) is 85.5. The van der Waals surface area contributed by atoms with E-state index < -0.39 is 73.0 Å². The van der Waals surface area contributed by atoms with Crippen LogP contribution in [0.4, 0.5) is 0 Å². The molecule has 0 spiro atoms. The fourth-order valence-corrected chi connectivity index (χ4v) is 5.08. The molecule has 1 N–H and O–H groups in total. The van der Waals surface area contributed by atoms with Crippen LogP contribution in [-0.4, -0.2) is 90.3 Å². The highest BCUT2D eigenvalue weighted by molar-refractivity contribution is 6.12. The lowest BCUT2D eigenvalue weighted by atomic mass is 9.81. The van der Waals surface area contributed by atoms with Gasteiger partial charge in [0, 0.05) is 52.3 Å². The van der Waals surface area contributed by atoms with Gasteiger partial charge in [-0.3, -0.25) is 38.5 Å². The number of esters is 4. The quantitative estimate of drug-likeness (QED) is 0.223. The maximum atomic E-state index is 13.4. The average molecular weight is 567 g/mol. The third kappa shape index (κ3) is 8.10. The lowest BCUT2D eigenvalue weighted by molar-refractivity contribution is -0.271. The Kier molecular flexibility index (Phi) is 10.4. The molecule has 14 nitrogen and oxygen atoms in total. The van der Waals surface area contributed by atoms with E-state index >= 15 is 0 Å². The second kappa shape index (κ2) is 13.5. The number of carbonyl (C=O) groups excluding carboxylic acids is 7. The lowest BCUT2D eigenvalue weighted by Crippen LogP contribution is -2.67. The number of nitrogens with zero attached hydrogens (tertiary/aromatic N) is 1. The molecule has 1 aliphatic carbocycles. The SMILES string of the molecule is CC(=O)OC[C@@H]1O[C@H](OC(C)=O)[C@@H](NC(=O)C2CCC(CN3C(=O)C=CC3=O)CC2)[C@H](OC(C)=O)[C@H]1OC(C)=O. The minimum absolute atomic E-state index is 0.0350. The van der Waals surface area contributed by atoms with Crippen molar-refractivity contribution in [3.8, 4) is 0 Å². The maximum absolute atomic E-state index is 13.4. The summed E-state index contributed by atoms with van der Waals surface area (Å²) in [7, 11) is 0. The van der Waals surface area contributed by atoms with Crippen LogP contribution < -0.4 is 5.32 Å². The zero-order valence-electron chi connectivity index (χ0n) is 22.8. The van der Waals surface area contributed by atoms with E-state index in [1.807, 2.05) is 0 Å². The molecule has 2 aliphatic heterocycles. The molecule has 3 aliphatic rings. The van der Waals surface area contributed by atoms with E-state index in [-0.39, 0.29) is 24.3 Å². The summed E-state index contributed by atoms with van der Waals surface area (Å²) in [6.07, 6.45) is -0.782. The summed E-state index contributed by atoms with van der Waals surface area (Å²) in [6.45, 7) is 4.38. The Morgan fingerprint density at radius 1 is 0.825 bits per heavy atom. The van der Waals surface area contributed by atoms with Crippen molar-refractivity contribution < 1.29 is 57.2 Å². The predicted octanol–water partition coefficient (Wildman–Crippen LogP) is -0.0829. The van der Waals surface area contributed by atoms with Gasteiger partial charge in [-0.2, -0.15) is 0 Å². The van der Waals surface area contributed by atoms with Crippen LogP contribution in [-0.2, 0) is 57.2 Å². The van der Waals surface area contributed by atoms with Gasteiger partial charge < -0.3 is 29.0 Å². The Morgan fingerprint density at radius 3 is 1.90 bits per heavy atom. The number of hydrogen-bond acceptors (Lipinski definition) is 12. The van der Waals surface area contributed by atoms with Crippen molar-refractivity contribution in [3.63, 3.8) is 0 Å². The molecule has 5 atom stereocenters. The fourth-order valence-electron chi connectivity index (χ4n) is 5.08. The van der Waals surface area contributed by atoms with Crippen molar-refractivity contribution >= 4 is 41.6 Å². The second-order valence-electron chi connectivity index (χ2n) is 9.98. The van der Waals surface area contributed by atoms with Gasteiger partial charge in [0.15, 0.2) is 12.2 Å². The van der Waals surface area contributed by atoms with Gasteiger partial charge in [0.05, 0.1) is 0 Å². The van der Waals surface area contributed by atoms with Crippen LogP contribution in [0.1, 0.15) is 53.4 Å². The number of ether oxygens (including phenoxy) is 5. The lowest BCUT2D eigenvalue weighted by Gasteiger charge is -2.45. The molecule has 40 heavy (non-hydrogen) atoms. The molecule has 0 aromatic rings. The molecule has 220 valence electrons. The Morgan fingerprint density at radius 2 is 1.38 bits per heavy atom. The van der Waals surface area contributed by atoms with Crippen molar-refractivity contribution in [2.75, 3.05) is 13.2 Å². The van der Waals surface area contributed by atoms with Gasteiger partial charge in [0.25, 0.3) is 11.8 Å². The van der Waals surface area contributed by atoms with E-state index in [1.54, 1.807) is 0 Å². The Hall–Kier alpha value is -3.81. The standard InChI is InChI=1S/C26H34N2O12/c1-13(29)36-12-19-23(37-14(2)30)24(38-15(3)31)22(26(40-19)39-16(4)32)27-25(35)18-7-5-17(6-8-18)11-28-20(33)9-10-21(28)34/h9-10,17-19,22-24,26H,5-8,11-12H2,1-4H3,(H,27,35)/t17?,18?,19-,22-,23-,24-,26-/m0/s1. The molecule has 1 saturated carbocycles. The first-order valence-electron chi connectivity index (χ1n) is 13.0. The molecule has 0 radical (unpaired) electrons. The Labute approximate surface area is 230 Å². The monoisotopic (exact) mass is 566 g/mol. The molecular weight excluding hydrogens is 532 g/mol. The normalized spacial score (nSPS) is 29.9. The van der Waals surface area contributed by atoms with Gasteiger partial charge >= 0.3 is 23.9 Å². The van der Waals surface area contributed by atoms with Crippen molar-refractivity contribution in [3.05, 3.63) is 12.2 Å². The smallest absolute Gasteiger partial charge is 0.305 e. The fraction of sp³-hybridized carbons (Fsp3) is 0.654. The number of rotatable bonds is 9. The van der Waals surface area contributed by atoms with Crippen LogP contribution in [0.5, 0.6) is 0 Å². The first-order valence-corrected chi connectivity index (χ1v) is 13.0. The molecule has 0 aromatic heterocycles. The summed E-state index contributed by atoms with van der Waals surface area (Å²) >= 11 is 0. The van der Waals surface area contributed by atoms with Crippen LogP contribution >= 0.6 is 0 Å². The largest absolute Gasteiger partial charge is 0.463 e. The predicted molar refractivity (Wildman–Crippen MR) is 131 cm³/mol. The van der Waals surface area contributed by atoms with Gasteiger partial charge in [-0.15, -0.1) is 0 Å². The summed E-state index contributed by atoms with van der Waals surface area (Å²) in [6, 6.07) is -1.26. The average Bonchev–Trinajstić information content (AvgIpc) is 3.18. The summed E-state index contributed by atoms with van der Waals surface area (Å²) in [5.41, 5.74) is 0. The molecule has 0 bridgehead atoms. The summed E-state index contributed by atoms with van der Waals surface area (Å²) in [5, 5.41) is 2.74. The van der Waals surface area contributed by atoms with E-state index in [4.69, 9.17) is 23.7 Å². The number of hydrogen-bond donors (Lipinski definition) is 1. The summed E-state index contributed by atoms with van der Waals surface area (Å²) < 4.78 is 26.9. The van der Waals surface area contributed by atoms with Crippen LogP contribution in [0, 0.1) is 11.8 Å². The van der Waals surface area contributed by atoms with Crippen LogP contribution in [0.25, 0.3) is 0 Å². The molecule has 3 rings (SSSR count). The second-order valence-corrected chi connectivity index (χ2v) is 9.98. The van der Waals surface area contributed by atoms with Gasteiger partial charge in [-0.1, -0.05) is 0 Å². The minimum Gasteiger partial charge on any atom is -0.463 e. The van der Waals surface area contributed by atoms with Crippen LogP contribution in [0.2, 0.25) is 0 Å². The molecule has 0 aromatic carbocycles. The zero-order chi connectivity index (χ0) is 29.6. The van der Waals surface area contributed by atoms with Crippen molar-refractivity contribution in [1.82, 2.24) is 10.2 Å². The van der Waals surface area contributed by atoms with E-state index in [9.17, 15) is 33.6 Å². The molecule has 2 fully saturated rings. The van der Waals surface area contributed by atoms with E-state index in [0.717, 1.165) is 27.7 Å². The topological polar surface area (TPSA) is 181 Å². The first kappa shape index (κ1) is 30.7. The first-order chi connectivity index (χ1) is 18.8. The van der Waals surface area contributed by atoms with Crippen molar-refractivity contribution in [2.45, 2.75) is 84.0 Å². The third-order valence-corrected chi connectivity index (χ3v) is 6.85. The highest BCUT2D eigenvalue weighted by atomic mass is 16.7. The van der Waals surface area contributed by atoms with Crippen LogP contribution in [0.15, 0.2) is 12.2 Å². The third-order valence-electron chi connectivity index (χ3n) is 6.85. The highest BCUT2D eigenvalue weighted by Crippen LogP contribution is 2.32. The number of imide groups is 1. The number of amides is 3. The van der Waals surface area contributed by atoms with Crippen LogP contribution in [0.3, 0.4) is 0 Å². The number of nitrogens with one attached hydrogen (secondary N) is 1.